The Morgan fingerprint density at radius 1 is 1.23 bits per heavy atom. The van der Waals surface area contributed by atoms with Gasteiger partial charge in [0.05, 0.1) is 13.7 Å². The number of aliphatic imine (C=N–C) groups is 1. The smallest absolute Gasteiger partial charge is 0.191 e. The number of hydrogen-bond acceptors (Lipinski definition) is 3. The Morgan fingerprint density at radius 3 is 2.50 bits per heavy atom. The highest BCUT2D eigenvalue weighted by atomic mass is 127. The van der Waals surface area contributed by atoms with Crippen molar-refractivity contribution in [2.75, 3.05) is 26.7 Å². The van der Waals surface area contributed by atoms with Gasteiger partial charge in [-0.15, -0.1) is 24.0 Å². The second kappa shape index (κ2) is 9.76. The molecule has 1 aliphatic rings. The number of nitrogens with two attached hydrogens (primary N) is 1. The van der Waals surface area contributed by atoms with Crippen LogP contribution in [0.2, 0.25) is 0 Å². The lowest BCUT2D eigenvalue weighted by Gasteiger charge is -2.27. The van der Waals surface area contributed by atoms with Crippen LogP contribution in [0.5, 0.6) is 11.5 Å². The van der Waals surface area contributed by atoms with Crippen molar-refractivity contribution in [1.82, 2.24) is 4.90 Å². The van der Waals surface area contributed by atoms with E-state index in [9.17, 15) is 0 Å². The highest BCUT2D eigenvalue weighted by Gasteiger charge is 2.13. The van der Waals surface area contributed by atoms with Gasteiger partial charge in [0.25, 0.3) is 0 Å². The van der Waals surface area contributed by atoms with Crippen LogP contribution in [0.4, 0.5) is 0 Å². The Morgan fingerprint density at radius 2 is 1.86 bits per heavy atom. The van der Waals surface area contributed by atoms with Crippen LogP contribution in [-0.4, -0.2) is 43.7 Å². The van der Waals surface area contributed by atoms with Crippen LogP contribution in [0.25, 0.3) is 0 Å². The van der Waals surface area contributed by atoms with Gasteiger partial charge in [-0.05, 0) is 38.3 Å². The fourth-order valence-corrected chi connectivity index (χ4v) is 2.42. The Bertz CT molecular complexity index is 476. The molecule has 0 saturated carbocycles. The number of piperidine rings is 1. The van der Waals surface area contributed by atoms with Gasteiger partial charge in [-0.3, -0.25) is 0 Å². The van der Waals surface area contributed by atoms with Crippen LogP contribution in [0.15, 0.2) is 29.3 Å². The fourth-order valence-electron chi connectivity index (χ4n) is 2.42. The zero-order chi connectivity index (χ0) is 15.1. The monoisotopic (exact) mass is 419 g/mol. The number of guanidine groups is 1. The van der Waals surface area contributed by atoms with Crippen molar-refractivity contribution in [3.63, 3.8) is 0 Å². The van der Waals surface area contributed by atoms with Crippen LogP contribution >= 0.6 is 24.0 Å². The van der Waals surface area contributed by atoms with E-state index >= 15 is 0 Å². The summed E-state index contributed by atoms with van der Waals surface area (Å²) >= 11 is 0. The van der Waals surface area contributed by atoms with E-state index in [1.165, 1.54) is 19.3 Å². The second-order valence-electron chi connectivity index (χ2n) is 5.33. The van der Waals surface area contributed by atoms with E-state index in [4.69, 9.17) is 15.2 Å². The van der Waals surface area contributed by atoms with E-state index in [-0.39, 0.29) is 30.1 Å². The van der Waals surface area contributed by atoms with Crippen LogP contribution in [-0.2, 0) is 0 Å². The van der Waals surface area contributed by atoms with Gasteiger partial charge in [-0.25, -0.2) is 4.99 Å². The molecule has 0 radical (unpaired) electrons. The molecule has 22 heavy (non-hydrogen) atoms. The molecule has 2 rings (SSSR count). The van der Waals surface area contributed by atoms with Crippen molar-refractivity contribution in [3.05, 3.63) is 24.3 Å². The van der Waals surface area contributed by atoms with Gasteiger partial charge in [0.1, 0.15) is 6.10 Å². The van der Waals surface area contributed by atoms with Crippen LogP contribution in [0.3, 0.4) is 0 Å². The van der Waals surface area contributed by atoms with Crippen molar-refractivity contribution in [1.29, 1.82) is 0 Å². The molecule has 1 aromatic carbocycles. The topological polar surface area (TPSA) is 60.1 Å². The summed E-state index contributed by atoms with van der Waals surface area (Å²) in [5.74, 6) is 2.10. The molecule has 1 unspecified atom stereocenters. The highest BCUT2D eigenvalue weighted by Crippen LogP contribution is 2.26. The molecule has 0 aliphatic carbocycles. The van der Waals surface area contributed by atoms with Crippen molar-refractivity contribution >= 4 is 29.9 Å². The lowest BCUT2D eigenvalue weighted by Crippen LogP contribution is -2.41. The van der Waals surface area contributed by atoms with Crippen molar-refractivity contribution in [2.45, 2.75) is 32.3 Å². The number of ether oxygens (including phenoxy) is 2. The molecular formula is C16H26IN3O2. The van der Waals surface area contributed by atoms with Gasteiger partial charge in [0, 0.05) is 13.1 Å². The van der Waals surface area contributed by atoms with Crippen molar-refractivity contribution < 1.29 is 9.47 Å². The second-order valence-corrected chi connectivity index (χ2v) is 5.33. The zero-order valence-corrected chi connectivity index (χ0v) is 15.7. The molecule has 1 fully saturated rings. The van der Waals surface area contributed by atoms with E-state index in [0.29, 0.717) is 12.5 Å². The SMILES string of the molecule is COc1ccccc1OC(C)CN=C(N)N1CCCCC1.I. The summed E-state index contributed by atoms with van der Waals surface area (Å²) in [6, 6.07) is 7.62. The quantitative estimate of drug-likeness (QED) is 0.453. The van der Waals surface area contributed by atoms with Gasteiger partial charge in [0.15, 0.2) is 17.5 Å². The van der Waals surface area contributed by atoms with E-state index in [2.05, 4.69) is 9.89 Å². The number of nitrogens with zero attached hydrogens (tertiary/aromatic N) is 2. The first-order valence-corrected chi connectivity index (χ1v) is 7.55. The standard InChI is InChI=1S/C16H25N3O2.HI/c1-13(21-15-9-5-4-8-14(15)20-2)12-18-16(17)19-10-6-3-7-11-19;/h4-5,8-9,13H,3,6-7,10-12H2,1-2H3,(H2,17,18);1H. The lowest BCUT2D eigenvalue weighted by atomic mass is 10.1. The highest BCUT2D eigenvalue weighted by molar-refractivity contribution is 14.0. The number of rotatable bonds is 5. The summed E-state index contributed by atoms with van der Waals surface area (Å²) in [5, 5.41) is 0. The summed E-state index contributed by atoms with van der Waals surface area (Å²) in [4.78, 5) is 6.61. The third-order valence-corrected chi connectivity index (χ3v) is 3.59. The first kappa shape index (κ1) is 18.9. The third kappa shape index (κ3) is 5.55. The van der Waals surface area contributed by atoms with E-state index in [0.717, 1.165) is 24.6 Å². The molecule has 1 aliphatic heterocycles. The normalized spacial score (nSPS) is 16.6. The van der Waals surface area contributed by atoms with Crippen molar-refractivity contribution in [3.8, 4) is 11.5 Å². The van der Waals surface area contributed by atoms with Gasteiger partial charge >= 0.3 is 0 Å². The predicted octanol–water partition coefficient (Wildman–Crippen LogP) is 2.88. The lowest BCUT2D eigenvalue weighted by molar-refractivity contribution is 0.218. The summed E-state index contributed by atoms with van der Waals surface area (Å²) in [6.45, 7) is 4.55. The van der Waals surface area contributed by atoms with Crippen molar-refractivity contribution in [2.24, 2.45) is 10.7 Å². The molecule has 6 heteroatoms. The number of hydrogen-bond donors (Lipinski definition) is 1. The Labute approximate surface area is 149 Å². The number of para-hydroxylation sites is 2. The summed E-state index contributed by atoms with van der Waals surface area (Å²) < 4.78 is 11.1. The summed E-state index contributed by atoms with van der Waals surface area (Å²) in [7, 11) is 1.64. The molecule has 0 amide bonds. The fraction of sp³-hybridized carbons (Fsp3) is 0.562. The molecule has 1 atom stereocenters. The molecule has 1 aromatic rings. The summed E-state index contributed by atoms with van der Waals surface area (Å²) in [5.41, 5.74) is 6.04. The molecular weight excluding hydrogens is 393 g/mol. The number of halogens is 1. The molecule has 124 valence electrons. The number of benzene rings is 1. The minimum atomic E-state index is -0.0513. The van der Waals surface area contributed by atoms with Gasteiger partial charge in [-0.2, -0.15) is 0 Å². The minimum Gasteiger partial charge on any atom is -0.493 e. The van der Waals surface area contributed by atoms with E-state index in [1.54, 1.807) is 7.11 Å². The molecule has 0 spiro atoms. The van der Waals surface area contributed by atoms with Crippen LogP contribution in [0, 0.1) is 0 Å². The molecule has 2 N–H and O–H groups in total. The zero-order valence-electron chi connectivity index (χ0n) is 13.3. The van der Waals surface area contributed by atoms with Crippen LogP contribution in [0.1, 0.15) is 26.2 Å². The first-order chi connectivity index (χ1) is 10.2. The molecule has 1 heterocycles. The Hall–Kier alpha value is -1.18. The average Bonchev–Trinajstić information content (AvgIpc) is 2.54. The average molecular weight is 419 g/mol. The van der Waals surface area contributed by atoms with E-state index < -0.39 is 0 Å². The Balaban J connectivity index is 0.00000242. The summed E-state index contributed by atoms with van der Waals surface area (Å²) in [6.07, 6.45) is 3.63. The van der Waals surface area contributed by atoms with Gasteiger partial charge in [-0.1, -0.05) is 12.1 Å². The largest absolute Gasteiger partial charge is 0.493 e. The molecule has 0 aromatic heterocycles. The Kier molecular flexibility index (Phi) is 8.37. The maximum Gasteiger partial charge on any atom is 0.191 e. The molecule has 5 nitrogen and oxygen atoms in total. The first-order valence-electron chi connectivity index (χ1n) is 7.55. The maximum absolute atomic E-state index is 6.04. The van der Waals surface area contributed by atoms with Gasteiger partial charge < -0.3 is 20.1 Å². The molecule has 1 saturated heterocycles. The van der Waals surface area contributed by atoms with Gasteiger partial charge in [0.2, 0.25) is 0 Å². The number of methoxy groups -OCH3 is 1. The third-order valence-electron chi connectivity index (χ3n) is 3.59. The van der Waals surface area contributed by atoms with E-state index in [1.807, 2.05) is 31.2 Å². The molecule has 0 bridgehead atoms. The van der Waals surface area contributed by atoms with Crippen LogP contribution < -0.4 is 15.2 Å². The minimum absolute atomic E-state index is 0. The maximum atomic E-state index is 6.04. The number of likely N-dealkylation sites (tertiary alicyclic amines) is 1. The predicted molar refractivity (Wildman–Crippen MR) is 100 cm³/mol.